The smallest absolute Gasteiger partial charge is 0.0249 e. The molecule has 2 heterocycles. The summed E-state index contributed by atoms with van der Waals surface area (Å²) in [5.41, 5.74) is 0. The van der Waals surface area contributed by atoms with Gasteiger partial charge in [0, 0.05) is 30.6 Å². The van der Waals surface area contributed by atoms with Gasteiger partial charge in [0.15, 0.2) is 0 Å². The quantitative estimate of drug-likeness (QED) is 0.699. The molecule has 2 fully saturated rings. The van der Waals surface area contributed by atoms with Crippen molar-refractivity contribution in [3.05, 3.63) is 0 Å². The molecule has 0 aromatic carbocycles. The number of thioether (sulfide) groups is 1. The first-order valence-electron chi connectivity index (χ1n) is 4.98. The van der Waals surface area contributed by atoms with E-state index in [1.54, 1.807) is 0 Å². The van der Waals surface area contributed by atoms with Gasteiger partial charge in [0.05, 0.1) is 0 Å². The van der Waals surface area contributed by atoms with E-state index in [9.17, 15) is 0 Å². The minimum absolute atomic E-state index is 0.831. The monoisotopic (exact) mass is 186 g/mol. The van der Waals surface area contributed by atoms with Crippen molar-refractivity contribution >= 4 is 11.8 Å². The summed E-state index contributed by atoms with van der Waals surface area (Å²) in [4.78, 5) is 2.57. The lowest BCUT2D eigenvalue weighted by Gasteiger charge is -2.27. The summed E-state index contributed by atoms with van der Waals surface area (Å²) in [6.45, 7) is 5.13. The molecule has 0 spiro atoms. The molecule has 0 aromatic rings. The van der Waals surface area contributed by atoms with Crippen LogP contribution >= 0.6 is 11.8 Å². The lowest BCUT2D eigenvalue weighted by atomic mass is 10.3. The van der Waals surface area contributed by atoms with Crippen molar-refractivity contribution in [1.29, 1.82) is 0 Å². The highest BCUT2D eigenvalue weighted by Gasteiger charge is 2.17. The second kappa shape index (κ2) is 4.49. The van der Waals surface area contributed by atoms with Crippen LogP contribution < -0.4 is 5.32 Å². The van der Waals surface area contributed by atoms with Crippen molar-refractivity contribution in [3.8, 4) is 0 Å². The van der Waals surface area contributed by atoms with Crippen LogP contribution in [0.4, 0.5) is 0 Å². The molecular weight excluding hydrogens is 168 g/mol. The molecule has 0 bridgehead atoms. The third-order valence-electron chi connectivity index (χ3n) is 2.70. The summed E-state index contributed by atoms with van der Waals surface area (Å²) < 4.78 is 0. The molecule has 0 radical (unpaired) electrons. The summed E-state index contributed by atoms with van der Waals surface area (Å²) in [7, 11) is 0. The predicted octanol–water partition coefficient (Wildman–Crippen LogP) is 0.787. The van der Waals surface area contributed by atoms with Crippen LogP contribution in [0.5, 0.6) is 0 Å². The van der Waals surface area contributed by atoms with Crippen LogP contribution in [0.15, 0.2) is 0 Å². The Kier molecular flexibility index (Phi) is 3.31. The molecule has 0 unspecified atom stereocenters. The normalized spacial score (nSPS) is 26.0. The Morgan fingerprint density at radius 1 is 1.25 bits per heavy atom. The fraction of sp³-hybridized carbons (Fsp3) is 1.00. The van der Waals surface area contributed by atoms with E-state index >= 15 is 0 Å². The minimum atomic E-state index is 0.831. The van der Waals surface area contributed by atoms with Crippen molar-refractivity contribution in [2.45, 2.75) is 18.9 Å². The van der Waals surface area contributed by atoms with Gasteiger partial charge in [-0.15, -0.1) is 0 Å². The van der Waals surface area contributed by atoms with E-state index in [1.165, 1.54) is 50.5 Å². The van der Waals surface area contributed by atoms with Crippen LogP contribution in [0.25, 0.3) is 0 Å². The molecule has 3 heteroatoms. The minimum Gasteiger partial charge on any atom is -0.311 e. The Morgan fingerprint density at radius 3 is 2.58 bits per heavy atom. The molecule has 0 aliphatic carbocycles. The zero-order valence-corrected chi connectivity index (χ0v) is 8.41. The van der Waals surface area contributed by atoms with Crippen LogP contribution in [0.3, 0.4) is 0 Å². The number of nitrogens with one attached hydrogen (secondary N) is 1. The standard InChI is InChI=1S/C9H18N2S/c1-2-5-11(4-1)6-3-10-9-7-12-8-9/h9-10H,1-8H2. The third kappa shape index (κ3) is 2.38. The van der Waals surface area contributed by atoms with Crippen LogP contribution in [0.2, 0.25) is 0 Å². The Morgan fingerprint density at radius 2 is 2.00 bits per heavy atom. The summed E-state index contributed by atoms with van der Waals surface area (Å²) >= 11 is 2.05. The maximum atomic E-state index is 3.58. The predicted molar refractivity (Wildman–Crippen MR) is 54.8 cm³/mol. The molecule has 2 rings (SSSR count). The van der Waals surface area contributed by atoms with Gasteiger partial charge < -0.3 is 10.2 Å². The van der Waals surface area contributed by atoms with Gasteiger partial charge in [0.2, 0.25) is 0 Å². The first kappa shape index (κ1) is 8.85. The van der Waals surface area contributed by atoms with Crippen LogP contribution in [0.1, 0.15) is 12.8 Å². The maximum absolute atomic E-state index is 3.58. The maximum Gasteiger partial charge on any atom is 0.0249 e. The van der Waals surface area contributed by atoms with Gasteiger partial charge in [-0.1, -0.05) is 0 Å². The molecule has 0 amide bonds. The highest BCUT2D eigenvalue weighted by Crippen LogP contribution is 2.16. The zero-order chi connectivity index (χ0) is 8.23. The van der Waals surface area contributed by atoms with Gasteiger partial charge in [-0.2, -0.15) is 11.8 Å². The summed E-state index contributed by atoms with van der Waals surface area (Å²) in [6.07, 6.45) is 2.83. The molecule has 1 N–H and O–H groups in total. The van der Waals surface area contributed by atoms with Gasteiger partial charge in [0.25, 0.3) is 0 Å². The molecule has 2 saturated heterocycles. The average molecular weight is 186 g/mol. The highest BCUT2D eigenvalue weighted by molar-refractivity contribution is 8.00. The van der Waals surface area contributed by atoms with Crippen LogP contribution in [-0.4, -0.2) is 48.6 Å². The van der Waals surface area contributed by atoms with Crippen molar-refractivity contribution in [2.24, 2.45) is 0 Å². The molecular formula is C9H18N2S. The molecule has 0 aromatic heterocycles. The third-order valence-corrected chi connectivity index (χ3v) is 3.97. The van der Waals surface area contributed by atoms with Gasteiger partial charge in [-0.25, -0.2) is 0 Å². The Labute approximate surface area is 79.1 Å². The fourth-order valence-electron chi connectivity index (χ4n) is 1.79. The molecule has 2 aliphatic rings. The Hall–Kier alpha value is 0.270. The number of hydrogen-bond acceptors (Lipinski definition) is 3. The molecule has 12 heavy (non-hydrogen) atoms. The van der Waals surface area contributed by atoms with Crippen LogP contribution in [-0.2, 0) is 0 Å². The van der Waals surface area contributed by atoms with Crippen molar-refractivity contribution in [2.75, 3.05) is 37.7 Å². The number of likely N-dealkylation sites (tertiary alicyclic amines) is 1. The topological polar surface area (TPSA) is 15.3 Å². The Bertz CT molecular complexity index is 130. The fourth-order valence-corrected chi connectivity index (χ4v) is 2.49. The van der Waals surface area contributed by atoms with Crippen molar-refractivity contribution in [3.63, 3.8) is 0 Å². The number of nitrogens with zero attached hydrogens (tertiary/aromatic N) is 1. The molecule has 0 saturated carbocycles. The second-order valence-corrected chi connectivity index (χ2v) is 4.81. The van der Waals surface area contributed by atoms with E-state index in [1.807, 2.05) is 0 Å². The van der Waals surface area contributed by atoms with E-state index in [4.69, 9.17) is 0 Å². The van der Waals surface area contributed by atoms with Gasteiger partial charge in [-0.05, 0) is 25.9 Å². The molecule has 0 atom stereocenters. The van der Waals surface area contributed by atoms with Crippen molar-refractivity contribution < 1.29 is 0 Å². The van der Waals surface area contributed by atoms with E-state index in [-0.39, 0.29) is 0 Å². The summed E-state index contributed by atoms with van der Waals surface area (Å²) in [5.74, 6) is 2.67. The van der Waals surface area contributed by atoms with E-state index in [0.29, 0.717) is 0 Å². The number of rotatable bonds is 4. The molecule has 2 aliphatic heterocycles. The van der Waals surface area contributed by atoms with Crippen molar-refractivity contribution in [1.82, 2.24) is 10.2 Å². The zero-order valence-electron chi connectivity index (χ0n) is 7.59. The van der Waals surface area contributed by atoms with Gasteiger partial charge in [-0.3, -0.25) is 0 Å². The average Bonchev–Trinajstić information content (AvgIpc) is 2.46. The molecule has 2 nitrogen and oxygen atoms in total. The first-order valence-corrected chi connectivity index (χ1v) is 6.14. The van der Waals surface area contributed by atoms with Gasteiger partial charge in [0.1, 0.15) is 0 Å². The van der Waals surface area contributed by atoms with E-state index in [2.05, 4.69) is 22.0 Å². The SMILES string of the molecule is C1CCN(CCNC2CSC2)C1. The highest BCUT2D eigenvalue weighted by atomic mass is 32.2. The molecule has 70 valence electrons. The van der Waals surface area contributed by atoms with E-state index in [0.717, 1.165) is 6.04 Å². The van der Waals surface area contributed by atoms with E-state index < -0.39 is 0 Å². The van der Waals surface area contributed by atoms with Crippen LogP contribution in [0, 0.1) is 0 Å². The lowest BCUT2D eigenvalue weighted by molar-refractivity contribution is 0.331. The Balaban J connectivity index is 1.49. The number of hydrogen-bond donors (Lipinski definition) is 1. The first-order chi connectivity index (χ1) is 5.95. The van der Waals surface area contributed by atoms with Gasteiger partial charge >= 0.3 is 0 Å². The largest absolute Gasteiger partial charge is 0.311 e. The summed E-state index contributed by atoms with van der Waals surface area (Å²) in [5, 5.41) is 3.58. The lowest BCUT2D eigenvalue weighted by Crippen LogP contribution is -2.43. The second-order valence-electron chi connectivity index (χ2n) is 3.74. The summed E-state index contributed by atoms with van der Waals surface area (Å²) in [6, 6.07) is 0.831.